The molecule has 0 aromatic rings. The van der Waals surface area contributed by atoms with E-state index in [-0.39, 0.29) is 5.41 Å². The van der Waals surface area contributed by atoms with E-state index in [9.17, 15) is 0 Å². The molecule has 0 aromatic carbocycles. The minimum Gasteiger partial charge on any atom is -0.377 e. The quantitative estimate of drug-likeness (QED) is 0.806. The van der Waals surface area contributed by atoms with Gasteiger partial charge in [0.15, 0.2) is 0 Å². The van der Waals surface area contributed by atoms with E-state index in [4.69, 9.17) is 9.47 Å². The van der Waals surface area contributed by atoms with Crippen LogP contribution in [-0.2, 0) is 9.47 Å². The molecule has 0 bridgehead atoms. The van der Waals surface area contributed by atoms with Crippen LogP contribution in [0.3, 0.4) is 0 Å². The Morgan fingerprint density at radius 1 is 1.40 bits per heavy atom. The first kappa shape index (κ1) is 16.2. The summed E-state index contributed by atoms with van der Waals surface area (Å²) in [7, 11) is 2.17. The van der Waals surface area contributed by atoms with E-state index < -0.39 is 0 Å². The molecule has 0 radical (unpaired) electrons. The Labute approximate surface area is 124 Å². The lowest BCUT2D eigenvalue weighted by Gasteiger charge is -2.52. The van der Waals surface area contributed by atoms with Crippen molar-refractivity contribution in [2.24, 2.45) is 11.3 Å². The fourth-order valence-electron chi connectivity index (χ4n) is 3.09. The molecular weight excluding hydrogens is 252 g/mol. The predicted molar refractivity (Wildman–Crippen MR) is 82.0 cm³/mol. The third-order valence-electron chi connectivity index (χ3n) is 4.74. The zero-order valence-corrected chi connectivity index (χ0v) is 13.8. The van der Waals surface area contributed by atoms with Crippen LogP contribution in [0.1, 0.15) is 34.1 Å². The number of nitrogens with one attached hydrogen (secondary N) is 1. The smallest absolute Gasteiger partial charge is 0.0826 e. The summed E-state index contributed by atoms with van der Waals surface area (Å²) in [5.74, 6) is 0.615. The maximum atomic E-state index is 6.01. The molecule has 1 heterocycles. The van der Waals surface area contributed by atoms with Crippen LogP contribution in [-0.4, -0.2) is 63.0 Å². The summed E-state index contributed by atoms with van der Waals surface area (Å²) in [4.78, 5) is 2.34. The number of morpholine rings is 1. The van der Waals surface area contributed by atoms with E-state index >= 15 is 0 Å². The highest BCUT2D eigenvalue weighted by Gasteiger charge is 2.48. The minimum atomic E-state index is 0.232. The first-order chi connectivity index (χ1) is 9.39. The Bertz CT molecular complexity index is 307. The van der Waals surface area contributed by atoms with Crippen LogP contribution in [0.4, 0.5) is 0 Å². The van der Waals surface area contributed by atoms with Crippen LogP contribution >= 0.6 is 0 Å². The maximum Gasteiger partial charge on any atom is 0.0826 e. The van der Waals surface area contributed by atoms with Gasteiger partial charge in [-0.2, -0.15) is 0 Å². The number of rotatable bonds is 6. The topological polar surface area (TPSA) is 33.7 Å². The Morgan fingerprint density at radius 2 is 2.15 bits per heavy atom. The Balaban J connectivity index is 1.70. The van der Waals surface area contributed by atoms with Gasteiger partial charge in [0.05, 0.1) is 18.8 Å². The molecule has 1 aliphatic carbocycles. The third-order valence-corrected chi connectivity index (χ3v) is 4.74. The first-order valence-corrected chi connectivity index (χ1v) is 8.04. The SMILES string of the molecule is CC(C)COC1CC(NCC2CN(C)CCO2)C1(C)C. The van der Waals surface area contributed by atoms with Crippen molar-refractivity contribution in [2.45, 2.75) is 52.4 Å². The van der Waals surface area contributed by atoms with E-state index in [1.54, 1.807) is 0 Å². The Kier molecular flexibility index (Phi) is 5.46. The summed E-state index contributed by atoms with van der Waals surface area (Å²) in [6, 6.07) is 0.551. The third kappa shape index (κ3) is 3.94. The molecule has 0 amide bonds. The van der Waals surface area contributed by atoms with Crippen LogP contribution < -0.4 is 5.32 Å². The van der Waals surface area contributed by atoms with Gasteiger partial charge in [-0.05, 0) is 19.4 Å². The molecule has 1 aliphatic heterocycles. The molecule has 2 aliphatic rings. The van der Waals surface area contributed by atoms with Crippen LogP contribution in [0.15, 0.2) is 0 Å². The second-order valence-electron chi connectivity index (χ2n) is 7.49. The lowest BCUT2D eigenvalue weighted by molar-refractivity contribution is -0.126. The van der Waals surface area contributed by atoms with Crippen molar-refractivity contribution in [3.8, 4) is 0 Å². The molecule has 0 spiro atoms. The first-order valence-electron chi connectivity index (χ1n) is 8.04. The van der Waals surface area contributed by atoms with Gasteiger partial charge in [0.25, 0.3) is 0 Å². The van der Waals surface area contributed by atoms with E-state index in [1.165, 1.54) is 0 Å². The summed E-state index contributed by atoms with van der Waals surface area (Å²) in [5, 5.41) is 3.69. The Morgan fingerprint density at radius 3 is 2.75 bits per heavy atom. The number of hydrogen-bond acceptors (Lipinski definition) is 4. The van der Waals surface area contributed by atoms with Crippen molar-refractivity contribution in [2.75, 3.05) is 39.9 Å². The van der Waals surface area contributed by atoms with Crippen molar-refractivity contribution in [3.63, 3.8) is 0 Å². The van der Waals surface area contributed by atoms with Crippen molar-refractivity contribution < 1.29 is 9.47 Å². The molecule has 3 atom stereocenters. The molecule has 4 heteroatoms. The van der Waals surface area contributed by atoms with Gasteiger partial charge in [0.2, 0.25) is 0 Å². The molecule has 0 aromatic heterocycles. The number of hydrogen-bond donors (Lipinski definition) is 1. The van der Waals surface area contributed by atoms with Crippen LogP contribution in [0.25, 0.3) is 0 Å². The number of likely N-dealkylation sites (N-methyl/N-ethyl adjacent to an activating group) is 1. The van der Waals surface area contributed by atoms with Gasteiger partial charge in [-0.3, -0.25) is 0 Å². The molecule has 1 saturated carbocycles. The molecule has 2 rings (SSSR count). The maximum absolute atomic E-state index is 6.01. The van der Waals surface area contributed by atoms with Crippen LogP contribution in [0.2, 0.25) is 0 Å². The average Bonchev–Trinajstić information content (AvgIpc) is 2.36. The van der Waals surface area contributed by atoms with Crippen molar-refractivity contribution in [1.82, 2.24) is 10.2 Å². The zero-order chi connectivity index (χ0) is 14.8. The van der Waals surface area contributed by atoms with Crippen molar-refractivity contribution in [3.05, 3.63) is 0 Å². The van der Waals surface area contributed by atoms with E-state index in [0.29, 0.717) is 24.2 Å². The Hall–Kier alpha value is -0.160. The van der Waals surface area contributed by atoms with Gasteiger partial charge in [0, 0.05) is 37.7 Å². The lowest BCUT2D eigenvalue weighted by Crippen LogP contribution is -2.62. The van der Waals surface area contributed by atoms with Crippen LogP contribution in [0, 0.1) is 11.3 Å². The predicted octanol–water partition coefficient (Wildman–Crippen LogP) is 1.75. The average molecular weight is 284 g/mol. The van der Waals surface area contributed by atoms with Gasteiger partial charge in [-0.1, -0.05) is 27.7 Å². The molecule has 2 fully saturated rings. The fourth-order valence-corrected chi connectivity index (χ4v) is 3.09. The molecular formula is C16H32N2O2. The highest BCUT2D eigenvalue weighted by molar-refractivity contribution is 5.03. The summed E-state index contributed by atoms with van der Waals surface area (Å²) in [5.41, 5.74) is 0.232. The highest BCUT2D eigenvalue weighted by Crippen LogP contribution is 2.42. The monoisotopic (exact) mass is 284 g/mol. The second kappa shape index (κ2) is 6.73. The van der Waals surface area contributed by atoms with Crippen molar-refractivity contribution in [1.29, 1.82) is 0 Å². The zero-order valence-electron chi connectivity index (χ0n) is 13.8. The van der Waals surface area contributed by atoms with Crippen LogP contribution in [0.5, 0.6) is 0 Å². The normalized spacial score (nSPS) is 34.2. The van der Waals surface area contributed by atoms with Gasteiger partial charge in [-0.25, -0.2) is 0 Å². The summed E-state index contributed by atoms with van der Waals surface area (Å²) >= 11 is 0. The molecule has 3 unspecified atom stereocenters. The molecule has 1 N–H and O–H groups in total. The van der Waals surface area contributed by atoms with E-state index in [1.807, 2.05) is 0 Å². The van der Waals surface area contributed by atoms with Crippen molar-refractivity contribution >= 4 is 0 Å². The van der Waals surface area contributed by atoms with E-state index in [0.717, 1.165) is 39.3 Å². The highest BCUT2D eigenvalue weighted by atomic mass is 16.5. The lowest BCUT2D eigenvalue weighted by atomic mass is 9.64. The molecule has 20 heavy (non-hydrogen) atoms. The van der Waals surface area contributed by atoms with E-state index in [2.05, 4.69) is 45.0 Å². The largest absolute Gasteiger partial charge is 0.377 e. The summed E-state index contributed by atoms with van der Waals surface area (Å²) < 4.78 is 11.8. The summed E-state index contributed by atoms with van der Waals surface area (Å²) in [6.45, 7) is 13.8. The van der Waals surface area contributed by atoms with Gasteiger partial charge in [-0.15, -0.1) is 0 Å². The molecule has 118 valence electrons. The number of ether oxygens (including phenoxy) is 2. The second-order valence-corrected chi connectivity index (χ2v) is 7.49. The van der Waals surface area contributed by atoms with Gasteiger partial charge in [0.1, 0.15) is 0 Å². The number of nitrogens with zero attached hydrogens (tertiary/aromatic N) is 1. The molecule has 4 nitrogen and oxygen atoms in total. The van der Waals surface area contributed by atoms with Gasteiger partial charge >= 0.3 is 0 Å². The summed E-state index contributed by atoms with van der Waals surface area (Å²) in [6.07, 6.45) is 1.86. The molecule has 1 saturated heterocycles. The minimum absolute atomic E-state index is 0.232. The standard InChI is InChI=1S/C16H32N2O2/c1-12(2)11-20-15-8-14(16(15,3)4)17-9-13-10-18(5)6-7-19-13/h12-15,17H,6-11H2,1-5H3. The van der Waals surface area contributed by atoms with Gasteiger partial charge < -0.3 is 19.7 Å². The fraction of sp³-hybridized carbons (Fsp3) is 1.00.